The Hall–Kier alpha value is -0.120. The van der Waals surface area contributed by atoms with Crippen molar-refractivity contribution >= 4 is 0 Å². The maximum atomic E-state index is 9.82. The van der Waals surface area contributed by atoms with Crippen molar-refractivity contribution in [3.8, 4) is 0 Å². The number of hydrogen-bond acceptors (Lipinski definition) is 3. The maximum Gasteiger partial charge on any atom is 0.0590 e. The molecule has 4 atom stereocenters. The fraction of sp³-hybridized carbons (Fsp3) is 1.00. The lowest BCUT2D eigenvalue weighted by atomic mass is 9.89. The summed E-state index contributed by atoms with van der Waals surface area (Å²) in [7, 11) is 0. The number of aliphatic hydroxyl groups is 1. The molecule has 3 N–H and O–H groups in total. The van der Waals surface area contributed by atoms with E-state index in [0.29, 0.717) is 17.9 Å². The van der Waals surface area contributed by atoms with Gasteiger partial charge in [-0.2, -0.15) is 0 Å². The molecule has 0 amide bonds. The normalized spacial score (nSPS) is 41.1. The van der Waals surface area contributed by atoms with Gasteiger partial charge < -0.3 is 10.8 Å². The molecule has 1 aliphatic carbocycles. The summed E-state index contributed by atoms with van der Waals surface area (Å²) in [6.07, 6.45) is 7.54. The van der Waals surface area contributed by atoms with Crippen LogP contribution in [0.15, 0.2) is 0 Å². The highest BCUT2D eigenvalue weighted by molar-refractivity contribution is 4.87. The SMILES string of the molecule is CC1CN(C2CCCCCC2CN)CCC1O. The van der Waals surface area contributed by atoms with Gasteiger partial charge in [0.2, 0.25) is 0 Å². The molecule has 100 valence electrons. The lowest BCUT2D eigenvalue weighted by Crippen LogP contribution is -2.50. The molecule has 3 heteroatoms. The predicted octanol–water partition coefficient (Wildman–Crippen LogP) is 1.60. The highest BCUT2D eigenvalue weighted by atomic mass is 16.3. The first-order valence-corrected chi connectivity index (χ1v) is 7.34. The molecule has 0 aromatic rings. The van der Waals surface area contributed by atoms with Crippen molar-refractivity contribution in [2.24, 2.45) is 17.6 Å². The van der Waals surface area contributed by atoms with E-state index in [1.54, 1.807) is 0 Å². The van der Waals surface area contributed by atoms with Crippen LogP contribution in [-0.4, -0.2) is 41.8 Å². The summed E-state index contributed by atoms with van der Waals surface area (Å²) in [6, 6.07) is 0.678. The second-order valence-electron chi connectivity index (χ2n) is 6.03. The molecule has 2 aliphatic rings. The molecular formula is C14H28N2O. The quantitative estimate of drug-likeness (QED) is 0.721. The van der Waals surface area contributed by atoms with Gasteiger partial charge in [0.15, 0.2) is 0 Å². The summed E-state index contributed by atoms with van der Waals surface area (Å²) in [5.41, 5.74) is 5.96. The highest BCUT2D eigenvalue weighted by Gasteiger charge is 2.33. The lowest BCUT2D eigenvalue weighted by Gasteiger charge is -2.42. The molecule has 4 unspecified atom stereocenters. The van der Waals surface area contributed by atoms with Gasteiger partial charge in [-0.1, -0.05) is 26.2 Å². The maximum absolute atomic E-state index is 9.82. The summed E-state index contributed by atoms with van der Waals surface area (Å²) >= 11 is 0. The molecule has 1 saturated carbocycles. The van der Waals surface area contributed by atoms with Gasteiger partial charge in [-0.3, -0.25) is 4.90 Å². The van der Waals surface area contributed by atoms with Crippen LogP contribution in [0.3, 0.4) is 0 Å². The minimum Gasteiger partial charge on any atom is -0.393 e. The fourth-order valence-corrected chi connectivity index (χ4v) is 3.59. The molecule has 0 radical (unpaired) electrons. The first-order valence-electron chi connectivity index (χ1n) is 7.34. The molecule has 1 aliphatic heterocycles. The average Bonchev–Trinajstić information content (AvgIpc) is 2.57. The molecule has 2 fully saturated rings. The predicted molar refractivity (Wildman–Crippen MR) is 70.8 cm³/mol. The monoisotopic (exact) mass is 240 g/mol. The smallest absolute Gasteiger partial charge is 0.0590 e. The number of likely N-dealkylation sites (tertiary alicyclic amines) is 1. The van der Waals surface area contributed by atoms with Gasteiger partial charge in [0.25, 0.3) is 0 Å². The van der Waals surface area contributed by atoms with Crippen LogP contribution >= 0.6 is 0 Å². The average molecular weight is 240 g/mol. The van der Waals surface area contributed by atoms with E-state index in [0.717, 1.165) is 26.1 Å². The topological polar surface area (TPSA) is 49.5 Å². The number of hydrogen-bond donors (Lipinski definition) is 2. The minimum atomic E-state index is -0.0895. The zero-order valence-corrected chi connectivity index (χ0v) is 11.1. The summed E-state index contributed by atoms with van der Waals surface area (Å²) in [6.45, 7) is 5.12. The lowest BCUT2D eigenvalue weighted by molar-refractivity contribution is 0.00370. The first-order chi connectivity index (χ1) is 8.22. The van der Waals surface area contributed by atoms with Crippen molar-refractivity contribution in [2.75, 3.05) is 19.6 Å². The number of piperidine rings is 1. The van der Waals surface area contributed by atoms with Gasteiger partial charge in [0.1, 0.15) is 0 Å². The van der Waals surface area contributed by atoms with Crippen LogP contribution in [0.1, 0.15) is 45.4 Å². The van der Waals surface area contributed by atoms with E-state index in [1.807, 2.05) is 0 Å². The van der Waals surface area contributed by atoms with E-state index in [4.69, 9.17) is 5.73 Å². The number of aliphatic hydroxyl groups excluding tert-OH is 1. The van der Waals surface area contributed by atoms with Crippen LogP contribution in [-0.2, 0) is 0 Å². The van der Waals surface area contributed by atoms with Crippen molar-refractivity contribution in [1.29, 1.82) is 0 Å². The van der Waals surface area contributed by atoms with Crippen molar-refractivity contribution in [3.63, 3.8) is 0 Å². The van der Waals surface area contributed by atoms with Gasteiger partial charge in [0, 0.05) is 19.1 Å². The van der Waals surface area contributed by atoms with Crippen LogP contribution in [0.2, 0.25) is 0 Å². The summed E-state index contributed by atoms with van der Waals surface area (Å²) < 4.78 is 0. The van der Waals surface area contributed by atoms with Gasteiger partial charge in [-0.05, 0) is 37.6 Å². The standard InChI is InChI=1S/C14H28N2O/c1-11-10-16(8-7-14(11)17)13-6-4-2-3-5-12(13)9-15/h11-14,17H,2-10,15H2,1H3. The van der Waals surface area contributed by atoms with Crippen LogP contribution < -0.4 is 5.73 Å². The van der Waals surface area contributed by atoms with Crippen molar-refractivity contribution in [3.05, 3.63) is 0 Å². The fourth-order valence-electron chi connectivity index (χ4n) is 3.59. The second kappa shape index (κ2) is 6.17. The zero-order chi connectivity index (χ0) is 12.3. The molecule has 0 aromatic heterocycles. The van der Waals surface area contributed by atoms with E-state index < -0.39 is 0 Å². The second-order valence-corrected chi connectivity index (χ2v) is 6.03. The number of rotatable bonds is 2. The van der Waals surface area contributed by atoms with Gasteiger partial charge in [0.05, 0.1) is 6.10 Å². The van der Waals surface area contributed by atoms with Gasteiger partial charge in [-0.25, -0.2) is 0 Å². The molecule has 0 spiro atoms. The Morgan fingerprint density at radius 1 is 1.18 bits per heavy atom. The Balaban J connectivity index is 1.98. The third-order valence-electron chi connectivity index (χ3n) is 4.78. The number of nitrogens with two attached hydrogens (primary N) is 1. The van der Waals surface area contributed by atoms with Crippen molar-refractivity contribution in [1.82, 2.24) is 4.90 Å². The Morgan fingerprint density at radius 2 is 1.94 bits per heavy atom. The minimum absolute atomic E-state index is 0.0895. The van der Waals surface area contributed by atoms with E-state index in [1.165, 1.54) is 32.1 Å². The van der Waals surface area contributed by atoms with E-state index in [9.17, 15) is 5.11 Å². The molecule has 2 rings (SSSR count). The molecule has 3 nitrogen and oxygen atoms in total. The Bertz CT molecular complexity index is 234. The summed E-state index contributed by atoms with van der Waals surface area (Å²) in [5.74, 6) is 1.10. The Kier molecular flexibility index (Phi) is 4.83. The third kappa shape index (κ3) is 3.21. The van der Waals surface area contributed by atoms with Crippen molar-refractivity contribution in [2.45, 2.75) is 57.6 Å². The van der Waals surface area contributed by atoms with Crippen LogP contribution in [0.4, 0.5) is 0 Å². The van der Waals surface area contributed by atoms with Gasteiger partial charge in [-0.15, -0.1) is 0 Å². The van der Waals surface area contributed by atoms with Crippen LogP contribution in [0, 0.1) is 11.8 Å². The molecule has 0 aromatic carbocycles. The van der Waals surface area contributed by atoms with E-state index >= 15 is 0 Å². The molecule has 1 heterocycles. The zero-order valence-electron chi connectivity index (χ0n) is 11.1. The highest BCUT2D eigenvalue weighted by Crippen LogP contribution is 2.30. The van der Waals surface area contributed by atoms with E-state index in [-0.39, 0.29) is 6.10 Å². The summed E-state index contributed by atoms with van der Waals surface area (Å²) in [5, 5.41) is 9.82. The Labute approximate surface area is 105 Å². The van der Waals surface area contributed by atoms with Gasteiger partial charge >= 0.3 is 0 Å². The molecule has 17 heavy (non-hydrogen) atoms. The third-order valence-corrected chi connectivity index (χ3v) is 4.78. The van der Waals surface area contributed by atoms with Crippen molar-refractivity contribution < 1.29 is 5.11 Å². The molecular weight excluding hydrogens is 212 g/mol. The molecule has 0 bridgehead atoms. The molecule has 1 saturated heterocycles. The van der Waals surface area contributed by atoms with E-state index in [2.05, 4.69) is 11.8 Å². The van der Waals surface area contributed by atoms with Crippen LogP contribution in [0.5, 0.6) is 0 Å². The largest absolute Gasteiger partial charge is 0.393 e. The summed E-state index contributed by atoms with van der Waals surface area (Å²) in [4.78, 5) is 2.61. The first kappa shape index (κ1) is 13.3. The Morgan fingerprint density at radius 3 is 2.65 bits per heavy atom. The number of nitrogens with zero attached hydrogens (tertiary/aromatic N) is 1. The van der Waals surface area contributed by atoms with Crippen LogP contribution in [0.25, 0.3) is 0 Å².